The molecule has 0 aromatic heterocycles. The summed E-state index contributed by atoms with van der Waals surface area (Å²) in [5.41, 5.74) is 0. The van der Waals surface area contributed by atoms with Gasteiger partial charge in [0.2, 0.25) is 0 Å². The minimum atomic E-state index is -3.18. The van der Waals surface area contributed by atoms with Crippen molar-refractivity contribution in [3.05, 3.63) is 0 Å². The van der Waals surface area contributed by atoms with Crippen molar-refractivity contribution in [3.63, 3.8) is 0 Å². The van der Waals surface area contributed by atoms with Gasteiger partial charge in [0.15, 0.2) is 0 Å². The van der Waals surface area contributed by atoms with Crippen LogP contribution in [0.3, 0.4) is 0 Å². The van der Waals surface area contributed by atoms with E-state index in [9.17, 15) is 13.0 Å². The molecule has 0 fully saturated rings. The quantitative estimate of drug-likeness (QED) is 0.481. The lowest BCUT2D eigenvalue weighted by atomic mass is 11.6. The van der Waals surface area contributed by atoms with Gasteiger partial charge >= 0.3 is 5.40 Å². The van der Waals surface area contributed by atoms with Crippen molar-refractivity contribution >= 4 is 18.1 Å². The van der Waals surface area contributed by atoms with Crippen LogP contribution in [0.25, 0.3) is 0 Å². The highest BCUT2D eigenvalue weighted by molar-refractivity contribution is 7.47. The summed E-state index contributed by atoms with van der Waals surface area (Å²) in [4.78, 5) is 0. The Morgan fingerprint density at radius 3 is 1.67 bits per heavy atom. The summed E-state index contributed by atoms with van der Waals surface area (Å²) in [5, 5.41) is -3.18. The van der Waals surface area contributed by atoms with E-state index in [1.165, 1.54) is 0 Å². The highest BCUT2D eigenvalue weighted by Gasteiger charge is 2.20. The molecule has 2 atom stereocenters. The van der Waals surface area contributed by atoms with Gasteiger partial charge in [-0.2, -0.15) is 8.78 Å². The van der Waals surface area contributed by atoms with Gasteiger partial charge in [0.25, 0.3) is 0 Å². The normalized spacial score (nSPS) is 14.0. The molecular formula is CH3F3P2. The number of halogens is 3. The Balaban J connectivity index is 3.17. The van der Waals surface area contributed by atoms with E-state index in [0.29, 0.717) is 0 Å². The fourth-order valence-electron chi connectivity index (χ4n) is 0. The zero-order chi connectivity index (χ0) is 5.21. The average Bonchev–Trinajstić information content (AvgIpc) is 1.35. The topological polar surface area (TPSA) is 0 Å². The molecule has 0 heterocycles. The maximum atomic E-state index is 11.1. The largest absolute Gasteiger partial charge is 0.301 e. The lowest BCUT2D eigenvalue weighted by Gasteiger charge is -1.98. The Hall–Kier alpha value is 0.650. The molecule has 6 heavy (non-hydrogen) atoms. The van der Waals surface area contributed by atoms with Gasteiger partial charge in [0.05, 0.1) is 0 Å². The van der Waals surface area contributed by atoms with Crippen LogP contribution in [-0.4, -0.2) is 5.40 Å². The van der Waals surface area contributed by atoms with E-state index in [-0.39, 0.29) is 0 Å². The first-order valence-electron chi connectivity index (χ1n) is 1.11. The van der Waals surface area contributed by atoms with Gasteiger partial charge in [-0.15, -0.1) is 0 Å². The summed E-state index contributed by atoms with van der Waals surface area (Å²) in [5.74, 6) is 0. The second-order valence-corrected chi connectivity index (χ2v) is 2.88. The maximum Gasteiger partial charge on any atom is 0.301 e. The zero-order valence-corrected chi connectivity index (χ0v) is 4.87. The molecule has 0 nitrogen and oxygen atoms in total. The van der Waals surface area contributed by atoms with Crippen molar-refractivity contribution in [3.8, 4) is 0 Å². The molecule has 0 aromatic rings. The molecule has 0 aliphatic heterocycles. The van der Waals surface area contributed by atoms with Gasteiger partial charge in [-0.25, -0.2) is 4.20 Å². The lowest BCUT2D eigenvalue weighted by molar-refractivity contribution is 0.201. The first-order valence-corrected chi connectivity index (χ1v) is 2.56. The van der Waals surface area contributed by atoms with E-state index in [4.69, 9.17) is 0 Å². The smallest absolute Gasteiger partial charge is 0.224 e. The molecule has 0 saturated carbocycles. The molecule has 0 bridgehead atoms. The van der Waals surface area contributed by atoms with E-state index in [2.05, 4.69) is 0 Å². The predicted octanol–water partition coefficient (Wildman–Crippen LogP) is 1.97. The Morgan fingerprint density at radius 2 is 1.67 bits per heavy atom. The van der Waals surface area contributed by atoms with Crippen molar-refractivity contribution < 1.29 is 13.0 Å². The summed E-state index contributed by atoms with van der Waals surface area (Å²) < 4.78 is 32.9. The van der Waals surface area contributed by atoms with Gasteiger partial charge in [-0.05, 0) is 0 Å². The number of alkyl halides is 2. The fourth-order valence-corrected chi connectivity index (χ4v) is 0. The van der Waals surface area contributed by atoms with Crippen molar-refractivity contribution in [1.82, 2.24) is 0 Å². The maximum absolute atomic E-state index is 11.1. The van der Waals surface area contributed by atoms with Crippen LogP contribution in [0, 0.1) is 0 Å². The molecule has 0 aliphatic rings. The Kier molecular flexibility index (Phi) is 2.31. The average molecular weight is 134 g/mol. The Labute approximate surface area is 37.6 Å². The van der Waals surface area contributed by atoms with Crippen LogP contribution in [0.4, 0.5) is 13.0 Å². The highest BCUT2D eigenvalue weighted by Crippen LogP contribution is 2.41. The van der Waals surface area contributed by atoms with E-state index in [1.54, 1.807) is 0 Å². The molecule has 0 aliphatic carbocycles. The van der Waals surface area contributed by atoms with Gasteiger partial charge in [0, 0.05) is 0 Å². The molecular weight excluding hydrogens is 131 g/mol. The molecule has 0 saturated heterocycles. The molecule has 0 amide bonds. The summed E-state index contributed by atoms with van der Waals surface area (Å²) in [6.45, 7) is 0. The molecule has 0 rings (SSSR count). The van der Waals surface area contributed by atoms with E-state index in [0.717, 1.165) is 9.24 Å². The van der Waals surface area contributed by atoms with Crippen molar-refractivity contribution in [2.24, 2.45) is 0 Å². The van der Waals surface area contributed by atoms with Gasteiger partial charge < -0.3 is 0 Å². The molecule has 5 heteroatoms. The van der Waals surface area contributed by atoms with Crippen LogP contribution in [0.2, 0.25) is 0 Å². The van der Waals surface area contributed by atoms with Crippen LogP contribution in [0.15, 0.2) is 0 Å². The molecule has 2 unspecified atom stereocenters. The van der Waals surface area contributed by atoms with E-state index < -0.39 is 14.3 Å². The molecule has 38 valence electrons. The third kappa shape index (κ3) is 4.65. The third-order valence-corrected chi connectivity index (χ3v) is 0.705. The lowest BCUT2D eigenvalue weighted by Crippen LogP contribution is -1.87. The number of hydrogen-bond donors (Lipinski definition) is 0. The summed E-state index contributed by atoms with van der Waals surface area (Å²) in [6, 6.07) is 0. The first-order chi connectivity index (χ1) is 2.56. The van der Waals surface area contributed by atoms with Crippen LogP contribution >= 0.6 is 18.1 Å². The Morgan fingerprint density at radius 1 is 1.50 bits per heavy atom. The predicted molar refractivity (Wildman–Crippen MR) is 24.1 cm³/mol. The zero-order valence-electron chi connectivity index (χ0n) is 2.71. The SMILES string of the molecule is FPC(F)(F)P. The molecule has 0 radical (unpaired) electrons. The highest BCUT2D eigenvalue weighted by atomic mass is 31.1. The number of rotatable bonds is 1. The van der Waals surface area contributed by atoms with E-state index >= 15 is 0 Å². The fraction of sp³-hybridized carbons (Fsp3) is 1.00. The molecule has 0 aromatic carbocycles. The van der Waals surface area contributed by atoms with E-state index in [1.807, 2.05) is 0 Å². The van der Waals surface area contributed by atoms with Crippen LogP contribution in [0.5, 0.6) is 0 Å². The summed E-state index contributed by atoms with van der Waals surface area (Å²) >= 11 is 0. The van der Waals surface area contributed by atoms with Gasteiger partial charge in [0.1, 0.15) is 8.89 Å². The van der Waals surface area contributed by atoms with Crippen molar-refractivity contribution in [1.29, 1.82) is 0 Å². The standard InChI is InChI=1S/CH3F3P2/c2-1(3,5)6-4/h6H,5H2. The number of hydrogen-bond acceptors (Lipinski definition) is 0. The van der Waals surface area contributed by atoms with Gasteiger partial charge in [-0.1, -0.05) is 9.24 Å². The second kappa shape index (κ2) is 2.09. The van der Waals surface area contributed by atoms with Crippen LogP contribution in [-0.2, 0) is 0 Å². The van der Waals surface area contributed by atoms with Crippen molar-refractivity contribution in [2.75, 3.05) is 0 Å². The minimum absolute atomic E-state index is 1.10. The molecule has 0 N–H and O–H groups in total. The first kappa shape index (κ1) is 6.65. The molecule has 0 spiro atoms. The second-order valence-electron chi connectivity index (χ2n) is 0.717. The van der Waals surface area contributed by atoms with Crippen molar-refractivity contribution in [2.45, 2.75) is 5.40 Å². The van der Waals surface area contributed by atoms with Gasteiger partial charge in [-0.3, -0.25) is 0 Å². The van der Waals surface area contributed by atoms with Crippen LogP contribution in [0.1, 0.15) is 0 Å². The minimum Gasteiger partial charge on any atom is -0.224 e. The summed E-state index contributed by atoms with van der Waals surface area (Å²) in [7, 11) is -0.708. The van der Waals surface area contributed by atoms with Crippen LogP contribution < -0.4 is 0 Å². The third-order valence-electron chi connectivity index (χ3n) is 0.126. The summed E-state index contributed by atoms with van der Waals surface area (Å²) in [6.07, 6.45) is 0. The monoisotopic (exact) mass is 134 g/mol. The Bertz CT molecular complexity index is 38.5.